The van der Waals surface area contributed by atoms with E-state index in [4.69, 9.17) is 9.15 Å². The number of fused-ring (bicyclic) bond motifs is 1. The molecule has 140 valence electrons. The number of carbonyl (C=O) groups is 2. The minimum atomic E-state index is -0.403. The molecule has 2 aromatic carbocycles. The maximum absolute atomic E-state index is 12.2. The molecule has 1 amide bonds. The fourth-order valence-corrected chi connectivity index (χ4v) is 3.25. The van der Waals surface area contributed by atoms with Crippen molar-refractivity contribution in [3.8, 4) is 0 Å². The molecule has 1 N–H and O–H groups in total. The van der Waals surface area contributed by atoms with Crippen LogP contribution in [-0.2, 0) is 20.7 Å². The van der Waals surface area contributed by atoms with E-state index in [0.29, 0.717) is 6.42 Å². The summed E-state index contributed by atoms with van der Waals surface area (Å²) in [6.45, 7) is 1.66. The number of esters is 1. The van der Waals surface area contributed by atoms with Crippen LogP contribution >= 0.6 is 15.9 Å². The molecule has 0 aliphatic carbocycles. The van der Waals surface area contributed by atoms with Gasteiger partial charge in [-0.25, -0.2) is 0 Å². The summed E-state index contributed by atoms with van der Waals surface area (Å²) in [4.78, 5) is 23.6. The summed E-state index contributed by atoms with van der Waals surface area (Å²) in [7, 11) is 0. The maximum Gasteiger partial charge on any atom is 0.308 e. The molecule has 27 heavy (non-hydrogen) atoms. The number of carbonyl (C=O) groups excluding carboxylic acids is 2. The SMILES string of the molecule is CC(=O)NC(CC(=O)OCCc1cc2cc(Br)ccc2o1)c1ccccc1. The Kier molecular flexibility index (Phi) is 6.29. The van der Waals surface area contributed by atoms with Crippen molar-refractivity contribution in [1.82, 2.24) is 5.32 Å². The van der Waals surface area contributed by atoms with Gasteiger partial charge in [-0.05, 0) is 29.8 Å². The Labute approximate surface area is 165 Å². The van der Waals surface area contributed by atoms with Gasteiger partial charge in [-0.15, -0.1) is 0 Å². The Balaban J connectivity index is 1.55. The topological polar surface area (TPSA) is 68.5 Å². The standard InChI is InChI=1S/C21H20BrNO4/c1-14(24)23-19(15-5-3-2-4-6-15)13-21(25)26-10-9-18-12-16-11-17(22)7-8-20(16)27-18/h2-8,11-12,19H,9-10,13H2,1H3,(H,23,24). The molecule has 0 radical (unpaired) electrons. The van der Waals surface area contributed by atoms with Gasteiger partial charge in [0.25, 0.3) is 0 Å². The summed E-state index contributed by atoms with van der Waals surface area (Å²) in [5, 5.41) is 3.80. The number of ether oxygens (including phenoxy) is 1. The van der Waals surface area contributed by atoms with E-state index >= 15 is 0 Å². The van der Waals surface area contributed by atoms with Crippen LogP contribution in [-0.4, -0.2) is 18.5 Å². The third-order valence-corrected chi connectivity index (χ3v) is 4.58. The van der Waals surface area contributed by atoms with Gasteiger partial charge in [0, 0.05) is 23.2 Å². The predicted octanol–water partition coefficient (Wildman–Crippen LogP) is 4.55. The van der Waals surface area contributed by atoms with Crippen molar-refractivity contribution in [2.24, 2.45) is 0 Å². The zero-order valence-corrected chi connectivity index (χ0v) is 16.5. The Morgan fingerprint density at radius 3 is 2.67 bits per heavy atom. The van der Waals surface area contributed by atoms with Crippen molar-refractivity contribution in [3.05, 3.63) is 70.4 Å². The second-order valence-corrected chi connectivity index (χ2v) is 7.15. The van der Waals surface area contributed by atoms with Gasteiger partial charge in [0.1, 0.15) is 11.3 Å². The van der Waals surface area contributed by atoms with Gasteiger partial charge in [0.05, 0.1) is 19.1 Å². The van der Waals surface area contributed by atoms with E-state index in [2.05, 4.69) is 21.2 Å². The molecule has 3 rings (SSSR count). The van der Waals surface area contributed by atoms with Crippen molar-refractivity contribution in [2.75, 3.05) is 6.61 Å². The minimum absolute atomic E-state index is 0.0800. The average Bonchev–Trinajstić information content (AvgIpc) is 3.03. The molecule has 6 heteroatoms. The van der Waals surface area contributed by atoms with E-state index in [1.54, 1.807) is 0 Å². The van der Waals surface area contributed by atoms with Crippen LogP contribution in [0.25, 0.3) is 11.0 Å². The van der Waals surface area contributed by atoms with Gasteiger partial charge >= 0.3 is 5.97 Å². The Hall–Kier alpha value is -2.60. The van der Waals surface area contributed by atoms with E-state index in [9.17, 15) is 9.59 Å². The van der Waals surface area contributed by atoms with Crippen LogP contribution in [0.15, 0.2) is 63.5 Å². The summed E-state index contributed by atoms with van der Waals surface area (Å²) < 4.78 is 12.1. The average molecular weight is 430 g/mol. The van der Waals surface area contributed by atoms with Crippen LogP contribution in [0.3, 0.4) is 0 Å². The molecule has 0 saturated heterocycles. The highest BCUT2D eigenvalue weighted by molar-refractivity contribution is 9.10. The maximum atomic E-state index is 12.2. The number of hydrogen-bond donors (Lipinski definition) is 1. The van der Waals surface area contributed by atoms with E-state index < -0.39 is 6.04 Å². The van der Waals surface area contributed by atoms with Crippen LogP contribution in [0.1, 0.15) is 30.7 Å². The van der Waals surface area contributed by atoms with Crippen molar-refractivity contribution < 1.29 is 18.7 Å². The lowest BCUT2D eigenvalue weighted by atomic mass is 10.0. The van der Waals surface area contributed by atoms with E-state index in [-0.39, 0.29) is 24.9 Å². The van der Waals surface area contributed by atoms with Crippen molar-refractivity contribution in [3.63, 3.8) is 0 Å². The largest absolute Gasteiger partial charge is 0.465 e. The van der Waals surface area contributed by atoms with Gasteiger partial charge < -0.3 is 14.5 Å². The number of halogens is 1. The Bertz CT molecular complexity index is 936. The highest BCUT2D eigenvalue weighted by atomic mass is 79.9. The van der Waals surface area contributed by atoms with E-state index in [1.807, 2.05) is 54.6 Å². The quantitative estimate of drug-likeness (QED) is 0.559. The lowest BCUT2D eigenvalue weighted by molar-refractivity contribution is -0.144. The van der Waals surface area contributed by atoms with Crippen LogP contribution in [0.4, 0.5) is 0 Å². The monoisotopic (exact) mass is 429 g/mol. The van der Waals surface area contributed by atoms with Gasteiger partial charge in [0.15, 0.2) is 0 Å². The molecule has 1 aromatic heterocycles. The van der Waals surface area contributed by atoms with Gasteiger partial charge in [0.2, 0.25) is 5.91 Å². The summed E-state index contributed by atoms with van der Waals surface area (Å²) in [5.74, 6) is 0.207. The molecule has 0 saturated carbocycles. The summed E-state index contributed by atoms with van der Waals surface area (Å²) >= 11 is 3.43. The molecule has 0 aliphatic heterocycles. The zero-order valence-electron chi connectivity index (χ0n) is 14.9. The van der Waals surface area contributed by atoms with E-state index in [0.717, 1.165) is 26.8 Å². The fourth-order valence-electron chi connectivity index (χ4n) is 2.87. The Morgan fingerprint density at radius 1 is 1.15 bits per heavy atom. The number of nitrogens with one attached hydrogen (secondary N) is 1. The first-order valence-electron chi connectivity index (χ1n) is 8.67. The van der Waals surface area contributed by atoms with Crippen molar-refractivity contribution in [1.29, 1.82) is 0 Å². The molecule has 5 nitrogen and oxygen atoms in total. The highest BCUT2D eigenvalue weighted by Gasteiger charge is 2.18. The number of benzene rings is 2. The molecule has 3 aromatic rings. The summed E-state index contributed by atoms with van der Waals surface area (Å²) in [6.07, 6.45) is 0.574. The van der Waals surface area contributed by atoms with Crippen molar-refractivity contribution >= 4 is 38.8 Å². The van der Waals surface area contributed by atoms with Gasteiger partial charge in [-0.3, -0.25) is 9.59 Å². The predicted molar refractivity (Wildman–Crippen MR) is 106 cm³/mol. The molecule has 0 fully saturated rings. The zero-order chi connectivity index (χ0) is 19.2. The van der Waals surface area contributed by atoms with Crippen LogP contribution in [0.5, 0.6) is 0 Å². The third-order valence-electron chi connectivity index (χ3n) is 4.09. The second kappa shape index (κ2) is 8.86. The molecule has 0 spiro atoms. The molecule has 1 atom stereocenters. The lowest BCUT2D eigenvalue weighted by Crippen LogP contribution is -2.28. The van der Waals surface area contributed by atoms with E-state index in [1.165, 1.54) is 6.92 Å². The Morgan fingerprint density at radius 2 is 1.93 bits per heavy atom. The molecular formula is C21H20BrNO4. The first-order chi connectivity index (χ1) is 13.0. The number of amides is 1. The third kappa shape index (κ3) is 5.44. The number of furan rings is 1. The first kappa shape index (κ1) is 19.2. The second-order valence-electron chi connectivity index (χ2n) is 6.23. The smallest absolute Gasteiger partial charge is 0.308 e. The van der Waals surface area contributed by atoms with Gasteiger partial charge in [-0.2, -0.15) is 0 Å². The minimum Gasteiger partial charge on any atom is -0.465 e. The highest BCUT2D eigenvalue weighted by Crippen LogP contribution is 2.23. The van der Waals surface area contributed by atoms with Crippen LogP contribution in [0, 0.1) is 0 Å². The number of rotatable bonds is 7. The number of hydrogen-bond acceptors (Lipinski definition) is 4. The van der Waals surface area contributed by atoms with Gasteiger partial charge in [-0.1, -0.05) is 46.3 Å². The molecule has 1 unspecified atom stereocenters. The molecule has 1 heterocycles. The molecule has 0 bridgehead atoms. The van der Waals surface area contributed by atoms with Crippen LogP contribution < -0.4 is 5.32 Å². The van der Waals surface area contributed by atoms with Crippen LogP contribution in [0.2, 0.25) is 0 Å². The molecule has 0 aliphatic rings. The first-order valence-corrected chi connectivity index (χ1v) is 9.46. The fraction of sp³-hybridized carbons (Fsp3) is 0.238. The summed E-state index contributed by atoms with van der Waals surface area (Å²) in [6, 6.07) is 16.7. The molecular weight excluding hydrogens is 410 g/mol. The summed E-state index contributed by atoms with van der Waals surface area (Å²) in [5.41, 5.74) is 1.67. The lowest BCUT2D eigenvalue weighted by Gasteiger charge is -2.17. The normalized spacial score (nSPS) is 11.9. The van der Waals surface area contributed by atoms with Crippen molar-refractivity contribution in [2.45, 2.75) is 25.8 Å².